The van der Waals surface area contributed by atoms with E-state index >= 15 is 0 Å². The molecule has 0 heterocycles. The molecule has 0 aliphatic heterocycles. The van der Waals surface area contributed by atoms with Gasteiger partial charge in [-0.25, -0.2) is 0 Å². The minimum absolute atomic E-state index is 0.262. The molecule has 1 atom stereocenters. The third-order valence-electron chi connectivity index (χ3n) is 2.68. The monoisotopic (exact) mass is 243 g/mol. The maximum atomic E-state index is 9.94. The zero-order chi connectivity index (χ0) is 12.8. The normalized spacial score (nSPS) is 12.3. The fourth-order valence-electron chi connectivity index (χ4n) is 1.73. The molecule has 0 saturated carbocycles. The minimum atomic E-state index is -0.641. The lowest BCUT2D eigenvalue weighted by atomic mass is 10.1. The van der Waals surface area contributed by atoms with Gasteiger partial charge < -0.3 is 15.6 Å². The van der Waals surface area contributed by atoms with Crippen molar-refractivity contribution in [3.8, 4) is 0 Å². The molecule has 3 heteroatoms. The SMILES string of the molecule is Nc1cccc(C(O)COCc2ccccc2)c1. The number of nitrogens with two attached hydrogens (primary N) is 1. The van der Waals surface area contributed by atoms with Crippen LogP contribution in [0.1, 0.15) is 17.2 Å². The van der Waals surface area contributed by atoms with Crippen LogP contribution in [0.15, 0.2) is 54.6 Å². The number of nitrogen functional groups attached to an aromatic ring is 1. The second-order valence-electron chi connectivity index (χ2n) is 4.19. The number of aliphatic hydroxyl groups excluding tert-OH is 1. The highest BCUT2D eigenvalue weighted by molar-refractivity contribution is 5.41. The Balaban J connectivity index is 1.83. The van der Waals surface area contributed by atoms with Crippen LogP contribution in [0, 0.1) is 0 Å². The van der Waals surface area contributed by atoms with Crippen LogP contribution in [0.3, 0.4) is 0 Å². The highest BCUT2D eigenvalue weighted by Crippen LogP contribution is 2.16. The lowest BCUT2D eigenvalue weighted by Crippen LogP contribution is -2.07. The van der Waals surface area contributed by atoms with E-state index in [1.807, 2.05) is 42.5 Å². The summed E-state index contributed by atoms with van der Waals surface area (Å²) in [5, 5.41) is 9.94. The van der Waals surface area contributed by atoms with Gasteiger partial charge in [-0.3, -0.25) is 0 Å². The quantitative estimate of drug-likeness (QED) is 0.793. The number of aliphatic hydroxyl groups is 1. The maximum absolute atomic E-state index is 9.94. The van der Waals surface area contributed by atoms with Gasteiger partial charge >= 0.3 is 0 Å². The molecule has 0 aliphatic rings. The van der Waals surface area contributed by atoms with Crippen molar-refractivity contribution in [1.82, 2.24) is 0 Å². The molecule has 2 aromatic carbocycles. The number of rotatable bonds is 5. The molecule has 0 bridgehead atoms. The van der Waals surface area contributed by atoms with Crippen molar-refractivity contribution in [3.63, 3.8) is 0 Å². The summed E-state index contributed by atoms with van der Waals surface area (Å²) in [4.78, 5) is 0. The number of anilines is 1. The van der Waals surface area contributed by atoms with E-state index < -0.39 is 6.10 Å². The molecular weight excluding hydrogens is 226 g/mol. The topological polar surface area (TPSA) is 55.5 Å². The molecule has 3 nitrogen and oxygen atoms in total. The van der Waals surface area contributed by atoms with E-state index in [1.165, 1.54) is 0 Å². The Morgan fingerprint density at radius 3 is 2.56 bits per heavy atom. The molecule has 0 aliphatic carbocycles. The predicted molar refractivity (Wildman–Crippen MR) is 71.9 cm³/mol. The highest BCUT2D eigenvalue weighted by atomic mass is 16.5. The van der Waals surface area contributed by atoms with E-state index in [0.717, 1.165) is 11.1 Å². The van der Waals surface area contributed by atoms with Gasteiger partial charge in [-0.15, -0.1) is 0 Å². The second-order valence-corrected chi connectivity index (χ2v) is 4.19. The Morgan fingerprint density at radius 2 is 1.83 bits per heavy atom. The molecule has 94 valence electrons. The van der Waals surface area contributed by atoms with Gasteiger partial charge in [0.05, 0.1) is 13.2 Å². The summed E-state index contributed by atoms with van der Waals surface area (Å²) in [6.45, 7) is 0.762. The van der Waals surface area contributed by atoms with Crippen molar-refractivity contribution in [2.75, 3.05) is 12.3 Å². The van der Waals surface area contributed by atoms with E-state index in [1.54, 1.807) is 12.1 Å². The molecule has 0 radical (unpaired) electrons. The third kappa shape index (κ3) is 3.58. The first kappa shape index (κ1) is 12.6. The Morgan fingerprint density at radius 1 is 1.06 bits per heavy atom. The first-order valence-electron chi connectivity index (χ1n) is 5.91. The zero-order valence-corrected chi connectivity index (χ0v) is 10.1. The number of hydrogen-bond donors (Lipinski definition) is 2. The Bertz CT molecular complexity index is 485. The lowest BCUT2D eigenvalue weighted by Gasteiger charge is -2.12. The summed E-state index contributed by atoms with van der Waals surface area (Å²) in [5.41, 5.74) is 8.19. The number of hydrogen-bond acceptors (Lipinski definition) is 3. The van der Waals surface area contributed by atoms with Gasteiger partial charge in [-0.2, -0.15) is 0 Å². The summed E-state index contributed by atoms with van der Waals surface area (Å²) in [7, 11) is 0. The van der Waals surface area contributed by atoms with Gasteiger partial charge in [0, 0.05) is 5.69 Å². The third-order valence-corrected chi connectivity index (χ3v) is 2.68. The van der Waals surface area contributed by atoms with Crippen molar-refractivity contribution in [3.05, 3.63) is 65.7 Å². The molecule has 2 aromatic rings. The average molecular weight is 243 g/mol. The van der Waals surface area contributed by atoms with Gasteiger partial charge in [0.15, 0.2) is 0 Å². The van der Waals surface area contributed by atoms with Crippen molar-refractivity contribution in [2.45, 2.75) is 12.7 Å². The molecular formula is C15H17NO2. The summed E-state index contributed by atoms with van der Waals surface area (Å²) in [5.74, 6) is 0. The van der Waals surface area contributed by atoms with Gasteiger partial charge in [0.1, 0.15) is 6.10 Å². The molecule has 0 amide bonds. The first-order valence-corrected chi connectivity index (χ1v) is 5.91. The first-order chi connectivity index (χ1) is 8.75. The average Bonchev–Trinajstić information content (AvgIpc) is 2.40. The maximum Gasteiger partial charge on any atom is 0.102 e. The summed E-state index contributed by atoms with van der Waals surface area (Å²) in [6, 6.07) is 17.1. The van der Waals surface area contributed by atoms with Crippen LogP contribution in [-0.4, -0.2) is 11.7 Å². The van der Waals surface area contributed by atoms with E-state index in [2.05, 4.69) is 0 Å². The summed E-state index contributed by atoms with van der Waals surface area (Å²) < 4.78 is 5.48. The van der Waals surface area contributed by atoms with Crippen LogP contribution in [0.5, 0.6) is 0 Å². The molecule has 0 fully saturated rings. The van der Waals surface area contributed by atoms with E-state index in [4.69, 9.17) is 10.5 Å². The Kier molecular flexibility index (Phi) is 4.34. The fraction of sp³-hybridized carbons (Fsp3) is 0.200. The number of ether oxygens (including phenoxy) is 1. The van der Waals surface area contributed by atoms with Crippen molar-refractivity contribution >= 4 is 5.69 Å². The Labute approximate surface area is 107 Å². The molecule has 18 heavy (non-hydrogen) atoms. The van der Waals surface area contributed by atoms with Crippen molar-refractivity contribution in [2.24, 2.45) is 0 Å². The smallest absolute Gasteiger partial charge is 0.102 e. The van der Waals surface area contributed by atoms with Gasteiger partial charge in [0.25, 0.3) is 0 Å². The minimum Gasteiger partial charge on any atom is -0.399 e. The highest BCUT2D eigenvalue weighted by Gasteiger charge is 2.07. The number of benzene rings is 2. The molecule has 1 unspecified atom stereocenters. The van der Waals surface area contributed by atoms with Crippen molar-refractivity contribution < 1.29 is 9.84 Å². The van der Waals surface area contributed by atoms with Crippen LogP contribution < -0.4 is 5.73 Å². The van der Waals surface area contributed by atoms with Crippen LogP contribution in [0.25, 0.3) is 0 Å². The zero-order valence-electron chi connectivity index (χ0n) is 10.1. The largest absolute Gasteiger partial charge is 0.399 e. The predicted octanol–water partition coefficient (Wildman–Crippen LogP) is 2.52. The summed E-state index contributed by atoms with van der Waals surface area (Å²) in [6.07, 6.45) is -0.641. The van der Waals surface area contributed by atoms with Crippen LogP contribution >= 0.6 is 0 Å². The van der Waals surface area contributed by atoms with Crippen LogP contribution in [-0.2, 0) is 11.3 Å². The molecule has 0 aromatic heterocycles. The van der Waals surface area contributed by atoms with Crippen LogP contribution in [0.4, 0.5) is 5.69 Å². The second kappa shape index (κ2) is 6.19. The van der Waals surface area contributed by atoms with E-state index in [-0.39, 0.29) is 6.61 Å². The van der Waals surface area contributed by atoms with Gasteiger partial charge in [-0.1, -0.05) is 42.5 Å². The van der Waals surface area contributed by atoms with Crippen LogP contribution in [0.2, 0.25) is 0 Å². The van der Waals surface area contributed by atoms with E-state index in [9.17, 15) is 5.11 Å². The molecule has 2 rings (SSSR count). The van der Waals surface area contributed by atoms with E-state index in [0.29, 0.717) is 12.3 Å². The summed E-state index contributed by atoms with van der Waals surface area (Å²) >= 11 is 0. The van der Waals surface area contributed by atoms with Gasteiger partial charge in [-0.05, 0) is 23.3 Å². The lowest BCUT2D eigenvalue weighted by molar-refractivity contribution is 0.0277. The fourth-order valence-corrected chi connectivity index (χ4v) is 1.73. The Hall–Kier alpha value is -1.84. The standard InChI is InChI=1S/C15H17NO2/c16-14-8-4-7-13(9-14)15(17)11-18-10-12-5-2-1-3-6-12/h1-9,15,17H,10-11,16H2. The molecule has 0 saturated heterocycles. The molecule has 3 N–H and O–H groups in total. The molecule has 0 spiro atoms. The van der Waals surface area contributed by atoms with Gasteiger partial charge in [0.2, 0.25) is 0 Å². The van der Waals surface area contributed by atoms with Crippen molar-refractivity contribution in [1.29, 1.82) is 0 Å².